The average molecular weight is 202 g/mol. The van der Waals surface area contributed by atoms with Gasteiger partial charge in [-0.05, 0) is 30.2 Å². The Morgan fingerprint density at radius 2 is 2.00 bits per heavy atom. The van der Waals surface area contributed by atoms with Crippen LogP contribution in [0.3, 0.4) is 0 Å². The van der Waals surface area contributed by atoms with E-state index < -0.39 is 0 Å². The third-order valence-corrected chi connectivity index (χ3v) is 2.52. The third kappa shape index (κ3) is 1.38. The number of aryl methyl sites for hydroxylation is 1. The molecule has 2 rings (SSSR count). The smallest absolute Gasteiger partial charge is 0.0723 e. The molecule has 0 unspecified atom stereocenters. The second kappa shape index (κ2) is 3.25. The number of fused-ring (bicyclic) bond motifs is 1. The summed E-state index contributed by atoms with van der Waals surface area (Å²) in [5.74, 6) is 0. The Balaban J connectivity index is 2.91. The summed E-state index contributed by atoms with van der Waals surface area (Å²) >= 11 is 5.85. The highest BCUT2D eigenvalue weighted by Gasteiger charge is 2.05. The highest BCUT2D eigenvalue weighted by molar-refractivity contribution is 6.31. The van der Waals surface area contributed by atoms with Crippen LogP contribution in [0.1, 0.15) is 16.8 Å². The van der Waals surface area contributed by atoms with Crippen molar-refractivity contribution in [2.75, 3.05) is 0 Å². The van der Waals surface area contributed by atoms with Crippen molar-refractivity contribution in [1.82, 2.24) is 4.98 Å². The molecule has 1 aromatic heterocycles. The SMILES string of the molecule is [CH]c1nc2cc(Cl)ccc2c(C)c1[CH]. The van der Waals surface area contributed by atoms with Gasteiger partial charge in [0.15, 0.2) is 0 Å². The number of hydrogen-bond donors (Lipinski definition) is 0. The van der Waals surface area contributed by atoms with E-state index in [1.54, 1.807) is 6.07 Å². The van der Waals surface area contributed by atoms with E-state index in [2.05, 4.69) is 4.98 Å². The molecular weight excluding hydrogens is 194 g/mol. The van der Waals surface area contributed by atoms with Crippen molar-refractivity contribution in [3.63, 3.8) is 0 Å². The molecule has 0 aliphatic rings. The second-order valence-corrected chi connectivity index (χ2v) is 3.63. The van der Waals surface area contributed by atoms with Gasteiger partial charge in [0, 0.05) is 30.0 Å². The van der Waals surface area contributed by atoms with Crippen molar-refractivity contribution < 1.29 is 0 Å². The van der Waals surface area contributed by atoms with Crippen molar-refractivity contribution in [3.8, 4) is 0 Å². The Hall–Kier alpha value is -1.08. The number of rotatable bonds is 0. The molecule has 0 bridgehead atoms. The van der Waals surface area contributed by atoms with Gasteiger partial charge in [0.25, 0.3) is 0 Å². The maximum Gasteiger partial charge on any atom is 0.0723 e. The first-order valence-corrected chi connectivity index (χ1v) is 4.58. The number of benzene rings is 1. The molecule has 0 aliphatic carbocycles. The lowest BCUT2D eigenvalue weighted by molar-refractivity contribution is 1.27. The van der Waals surface area contributed by atoms with Crippen LogP contribution in [0.5, 0.6) is 0 Å². The summed E-state index contributed by atoms with van der Waals surface area (Å²) < 4.78 is 0. The van der Waals surface area contributed by atoms with Crippen LogP contribution >= 0.6 is 11.6 Å². The summed E-state index contributed by atoms with van der Waals surface area (Å²) in [7, 11) is 0. The van der Waals surface area contributed by atoms with Gasteiger partial charge in [-0.1, -0.05) is 17.7 Å². The molecule has 14 heavy (non-hydrogen) atoms. The van der Waals surface area contributed by atoms with Gasteiger partial charge < -0.3 is 0 Å². The highest BCUT2D eigenvalue weighted by Crippen LogP contribution is 2.24. The lowest BCUT2D eigenvalue weighted by Crippen LogP contribution is -1.93. The van der Waals surface area contributed by atoms with Crippen LogP contribution in [0.2, 0.25) is 5.02 Å². The summed E-state index contributed by atoms with van der Waals surface area (Å²) in [4.78, 5) is 4.17. The zero-order valence-corrected chi connectivity index (χ0v) is 8.47. The molecule has 0 fully saturated rings. The van der Waals surface area contributed by atoms with E-state index in [9.17, 15) is 0 Å². The Morgan fingerprint density at radius 1 is 1.29 bits per heavy atom. The summed E-state index contributed by atoms with van der Waals surface area (Å²) in [5.41, 5.74) is 2.63. The van der Waals surface area contributed by atoms with Crippen molar-refractivity contribution >= 4 is 22.5 Å². The summed E-state index contributed by atoms with van der Waals surface area (Å²) in [5, 5.41) is 1.63. The molecule has 0 saturated carbocycles. The van der Waals surface area contributed by atoms with E-state index in [-0.39, 0.29) is 0 Å². The maximum absolute atomic E-state index is 5.85. The van der Waals surface area contributed by atoms with Crippen LogP contribution in [0.4, 0.5) is 0 Å². The highest BCUT2D eigenvalue weighted by atomic mass is 35.5. The molecule has 4 radical (unpaired) electrons. The Bertz CT molecular complexity index is 503. The standard InChI is InChI=1S/C12H8ClN/c1-7-8(2)11-5-4-10(13)6-12(11)14-9(7)3/h1,3-6H,2H3. The fourth-order valence-corrected chi connectivity index (χ4v) is 1.61. The first kappa shape index (κ1) is 9.47. The number of nitrogens with zero attached hydrogens (tertiary/aromatic N) is 1. The molecule has 1 nitrogen and oxygen atoms in total. The predicted octanol–water partition coefficient (Wildman–Crippen LogP) is 3.32. The van der Waals surface area contributed by atoms with E-state index in [0.717, 1.165) is 16.5 Å². The third-order valence-electron chi connectivity index (χ3n) is 2.28. The van der Waals surface area contributed by atoms with E-state index >= 15 is 0 Å². The molecule has 68 valence electrons. The van der Waals surface area contributed by atoms with Crippen LogP contribution in [0, 0.1) is 20.8 Å². The van der Waals surface area contributed by atoms with Crippen molar-refractivity contribution in [2.45, 2.75) is 6.92 Å². The molecule has 2 heteroatoms. The Labute approximate surface area is 88.7 Å². The molecule has 0 N–H and O–H groups in total. The predicted molar refractivity (Wildman–Crippen MR) is 58.3 cm³/mol. The van der Waals surface area contributed by atoms with Crippen molar-refractivity contribution in [2.24, 2.45) is 0 Å². The minimum atomic E-state index is 0.359. The largest absolute Gasteiger partial charge is 0.252 e. The van der Waals surface area contributed by atoms with E-state index in [4.69, 9.17) is 25.4 Å². The molecule has 0 saturated heterocycles. The van der Waals surface area contributed by atoms with Gasteiger partial charge >= 0.3 is 0 Å². The average Bonchev–Trinajstić information content (AvgIpc) is 2.14. The number of aromatic nitrogens is 1. The molecule has 1 heterocycles. The van der Waals surface area contributed by atoms with Gasteiger partial charge in [0.05, 0.1) is 5.52 Å². The molecule has 0 aliphatic heterocycles. The zero-order chi connectivity index (χ0) is 10.3. The van der Waals surface area contributed by atoms with Gasteiger partial charge in [-0.2, -0.15) is 0 Å². The minimum absolute atomic E-state index is 0.359. The minimum Gasteiger partial charge on any atom is -0.252 e. The molecule has 1 aromatic carbocycles. The molecule has 0 atom stereocenters. The topological polar surface area (TPSA) is 12.9 Å². The summed E-state index contributed by atoms with van der Waals surface area (Å²) in [6.45, 7) is 13.3. The van der Waals surface area contributed by atoms with Crippen molar-refractivity contribution in [3.05, 3.63) is 53.9 Å². The van der Waals surface area contributed by atoms with Crippen LogP contribution in [0.15, 0.2) is 18.2 Å². The zero-order valence-electron chi connectivity index (χ0n) is 7.71. The molecule has 0 spiro atoms. The normalized spacial score (nSPS) is 10.9. The number of pyridine rings is 1. The van der Waals surface area contributed by atoms with Gasteiger partial charge in [0.1, 0.15) is 0 Å². The van der Waals surface area contributed by atoms with E-state index in [0.29, 0.717) is 16.3 Å². The first-order chi connectivity index (χ1) is 6.59. The molecular formula is C12H8ClN. The van der Waals surface area contributed by atoms with Crippen LogP contribution < -0.4 is 0 Å². The molecule has 0 amide bonds. The summed E-state index contributed by atoms with van der Waals surface area (Å²) in [6.07, 6.45) is 0. The second-order valence-electron chi connectivity index (χ2n) is 3.20. The lowest BCUT2D eigenvalue weighted by atomic mass is 10.0. The fraction of sp³-hybridized carbons (Fsp3) is 0.0833. The Morgan fingerprint density at radius 3 is 2.71 bits per heavy atom. The van der Waals surface area contributed by atoms with Gasteiger partial charge in [-0.25, -0.2) is 0 Å². The number of halogens is 1. The van der Waals surface area contributed by atoms with E-state index in [1.165, 1.54) is 0 Å². The van der Waals surface area contributed by atoms with Crippen LogP contribution in [-0.2, 0) is 0 Å². The first-order valence-electron chi connectivity index (χ1n) is 4.20. The fourth-order valence-electron chi connectivity index (χ4n) is 1.44. The van der Waals surface area contributed by atoms with Crippen LogP contribution in [0.25, 0.3) is 10.9 Å². The lowest BCUT2D eigenvalue weighted by Gasteiger charge is -2.07. The van der Waals surface area contributed by atoms with Crippen LogP contribution in [-0.4, -0.2) is 4.98 Å². The quantitative estimate of drug-likeness (QED) is 0.637. The Kier molecular flexibility index (Phi) is 2.20. The van der Waals surface area contributed by atoms with Gasteiger partial charge in [0.2, 0.25) is 0 Å². The van der Waals surface area contributed by atoms with E-state index in [1.807, 2.05) is 19.1 Å². The maximum atomic E-state index is 5.85. The summed E-state index contributed by atoms with van der Waals surface area (Å²) in [6, 6.07) is 5.49. The monoisotopic (exact) mass is 201 g/mol. The van der Waals surface area contributed by atoms with Crippen molar-refractivity contribution in [1.29, 1.82) is 0 Å². The molecule has 2 aromatic rings. The number of hydrogen-bond acceptors (Lipinski definition) is 1. The van der Waals surface area contributed by atoms with Gasteiger partial charge in [-0.3, -0.25) is 4.98 Å². The van der Waals surface area contributed by atoms with Gasteiger partial charge in [-0.15, -0.1) is 0 Å².